The average molecular weight is 707 g/mol. The number of para-hydroxylation sites is 1. The third-order valence-corrected chi connectivity index (χ3v) is 15.9. The number of hydrogen-bond acceptors (Lipinski definition) is 6. The number of ketones is 2. The van der Waals surface area contributed by atoms with Crippen LogP contribution in [0.2, 0.25) is 0 Å². The van der Waals surface area contributed by atoms with Crippen LogP contribution in [-0.4, -0.2) is 35.9 Å². The van der Waals surface area contributed by atoms with E-state index < -0.39 is 5.41 Å². The Labute approximate surface area is 310 Å². The van der Waals surface area contributed by atoms with Gasteiger partial charge in [-0.2, -0.15) is 0 Å². The van der Waals surface area contributed by atoms with Gasteiger partial charge in [-0.25, -0.2) is 0 Å². The maximum Gasteiger partial charge on any atom is 0.317 e. The number of rotatable bonds is 6. The Hall–Kier alpha value is -3.51. The number of carbonyl (C=O) groups excluding carboxylic acids is 3. The lowest BCUT2D eigenvalue weighted by atomic mass is 9.33. The van der Waals surface area contributed by atoms with Gasteiger partial charge in [0.1, 0.15) is 0 Å². The number of carbonyl (C=O) groups is 3. The minimum atomic E-state index is -0.779. The van der Waals surface area contributed by atoms with E-state index in [0.717, 1.165) is 44.9 Å². The Kier molecular flexibility index (Phi) is 8.88. The summed E-state index contributed by atoms with van der Waals surface area (Å²) in [6.45, 7) is 16.0. The lowest BCUT2D eigenvalue weighted by molar-refractivity contribution is -0.202. The molecule has 0 saturated heterocycles. The van der Waals surface area contributed by atoms with Gasteiger partial charge >= 0.3 is 5.97 Å². The smallest absolute Gasteiger partial charge is 0.317 e. The Bertz CT molecular complexity index is 1840. The van der Waals surface area contributed by atoms with Gasteiger partial charge in [-0.1, -0.05) is 89.6 Å². The van der Waals surface area contributed by atoms with E-state index in [9.17, 15) is 19.5 Å². The number of benzene rings is 2. The number of esters is 1. The summed E-state index contributed by atoms with van der Waals surface area (Å²) in [5.41, 5.74) is 0.857. The molecular weight excluding hydrogens is 649 g/mol. The van der Waals surface area contributed by atoms with Crippen LogP contribution in [0.4, 0.5) is 0 Å². The number of fused-ring (bicyclic) bond motifs is 7. The van der Waals surface area contributed by atoms with Crippen molar-refractivity contribution in [1.82, 2.24) is 0 Å². The molecule has 0 spiro atoms. The van der Waals surface area contributed by atoms with Crippen LogP contribution in [0.3, 0.4) is 0 Å². The molecule has 0 aromatic heterocycles. The van der Waals surface area contributed by atoms with Gasteiger partial charge in [0.15, 0.2) is 23.1 Å². The first-order valence-corrected chi connectivity index (χ1v) is 19.5. The van der Waals surface area contributed by atoms with Crippen molar-refractivity contribution >= 4 is 23.6 Å². The molecule has 0 aliphatic heterocycles. The first-order valence-electron chi connectivity index (χ1n) is 19.5. The predicted molar refractivity (Wildman–Crippen MR) is 204 cm³/mol. The van der Waals surface area contributed by atoms with Crippen LogP contribution in [0, 0.1) is 50.2 Å². The molecule has 6 heteroatoms. The van der Waals surface area contributed by atoms with E-state index in [4.69, 9.17) is 9.47 Å². The fourth-order valence-corrected chi connectivity index (χ4v) is 12.4. The summed E-state index contributed by atoms with van der Waals surface area (Å²) in [6.07, 6.45) is 12.8. The summed E-state index contributed by atoms with van der Waals surface area (Å²) < 4.78 is 12.0. The molecule has 5 aliphatic rings. The highest BCUT2D eigenvalue weighted by atomic mass is 16.6. The van der Waals surface area contributed by atoms with Gasteiger partial charge < -0.3 is 14.6 Å². The van der Waals surface area contributed by atoms with Crippen molar-refractivity contribution in [2.24, 2.45) is 50.2 Å². The van der Waals surface area contributed by atoms with Gasteiger partial charge in [-0.05, 0) is 128 Å². The molecule has 7 rings (SSSR count). The van der Waals surface area contributed by atoms with E-state index in [0.29, 0.717) is 35.5 Å². The van der Waals surface area contributed by atoms with Crippen molar-refractivity contribution in [3.8, 4) is 11.5 Å². The molecular formula is C46H58O6. The van der Waals surface area contributed by atoms with Crippen molar-refractivity contribution in [2.75, 3.05) is 7.11 Å². The molecule has 0 bridgehead atoms. The second-order valence-corrected chi connectivity index (χ2v) is 19.0. The van der Waals surface area contributed by atoms with Crippen LogP contribution in [0.1, 0.15) is 122 Å². The maximum absolute atomic E-state index is 14.7. The van der Waals surface area contributed by atoms with Crippen LogP contribution >= 0.6 is 0 Å². The Balaban J connectivity index is 1.19. The average Bonchev–Trinajstić information content (AvgIpc) is 3.11. The molecule has 2 aromatic rings. The lowest BCUT2D eigenvalue weighted by Crippen LogP contribution is -2.66. The number of aliphatic hydroxyl groups is 1. The van der Waals surface area contributed by atoms with Gasteiger partial charge in [0, 0.05) is 17.0 Å². The molecule has 1 N–H and O–H groups in total. The summed E-state index contributed by atoms with van der Waals surface area (Å²) in [7, 11) is 1.55. The second-order valence-electron chi connectivity index (χ2n) is 19.0. The highest BCUT2D eigenvalue weighted by molar-refractivity contribution is 6.07. The van der Waals surface area contributed by atoms with Crippen LogP contribution in [0.5, 0.6) is 11.5 Å². The zero-order valence-electron chi connectivity index (χ0n) is 32.5. The van der Waals surface area contributed by atoms with Crippen LogP contribution in [0.15, 0.2) is 66.3 Å². The predicted octanol–water partition coefficient (Wildman–Crippen LogP) is 9.84. The van der Waals surface area contributed by atoms with Gasteiger partial charge in [0.2, 0.25) is 0 Å². The van der Waals surface area contributed by atoms with Gasteiger partial charge in [-0.3, -0.25) is 14.4 Å². The van der Waals surface area contributed by atoms with Crippen molar-refractivity contribution in [1.29, 1.82) is 0 Å². The van der Waals surface area contributed by atoms with Crippen molar-refractivity contribution in [3.63, 3.8) is 0 Å². The molecule has 0 heterocycles. The number of allylic oxidation sites excluding steroid dienone is 3. The largest absolute Gasteiger partial charge is 0.493 e. The minimum absolute atomic E-state index is 0.0111. The monoisotopic (exact) mass is 706 g/mol. The fraction of sp³-hybridized carbons (Fsp3) is 0.587. The van der Waals surface area contributed by atoms with Crippen molar-refractivity contribution in [2.45, 2.75) is 112 Å². The van der Waals surface area contributed by atoms with Crippen molar-refractivity contribution < 1.29 is 29.0 Å². The number of methoxy groups -OCH3 is 1. The molecule has 4 fully saturated rings. The fourth-order valence-electron chi connectivity index (χ4n) is 12.4. The zero-order valence-corrected chi connectivity index (χ0v) is 32.5. The van der Waals surface area contributed by atoms with E-state index in [-0.39, 0.29) is 68.5 Å². The summed E-state index contributed by atoms with van der Waals surface area (Å²) >= 11 is 0. The SMILES string of the molecule is COc1cccc(/C=C/C(=O)c2ccccc2)c1OC(=O)[C@@]1(C)CC[C@]2(C)CC[C@]3(C)C(=CC(=O)[C@@H]4[C@@]5(C)CC[C@H](O)C(C)(C)[C@@H]5CC[C@]43C)[C@@H]2C1. The molecule has 6 nitrogen and oxygen atoms in total. The summed E-state index contributed by atoms with van der Waals surface area (Å²) in [6, 6.07) is 14.5. The first-order chi connectivity index (χ1) is 24.4. The highest BCUT2D eigenvalue weighted by Gasteiger charge is 2.70. The van der Waals surface area contributed by atoms with E-state index in [1.165, 1.54) is 11.6 Å². The van der Waals surface area contributed by atoms with Crippen LogP contribution in [0.25, 0.3) is 6.08 Å². The van der Waals surface area contributed by atoms with Gasteiger partial charge in [0.05, 0.1) is 18.6 Å². The molecule has 0 amide bonds. The molecule has 0 radical (unpaired) electrons. The number of aliphatic hydroxyl groups excluding tert-OH is 1. The lowest BCUT2D eigenvalue weighted by Gasteiger charge is -2.70. The van der Waals surface area contributed by atoms with E-state index in [1.54, 1.807) is 31.4 Å². The van der Waals surface area contributed by atoms with E-state index in [1.807, 2.05) is 43.3 Å². The maximum atomic E-state index is 14.7. The highest BCUT2D eigenvalue weighted by Crippen LogP contribution is 2.75. The second kappa shape index (κ2) is 12.5. The number of hydrogen-bond donors (Lipinski definition) is 1. The summed E-state index contributed by atoms with van der Waals surface area (Å²) in [5, 5.41) is 11.1. The molecule has 52 heavy (non-hydrogen) atoms. The topological polar surface area (TPSA) is 89.9 Å². The van der Waals surface area contributed by atoms with E-state index >= 15 is 0 Å². The Morgan fingerprint density at radius 3 is 2.27 bits per heavy atom. The Morgan fingerprint density at radius 1 is 0.846 bits per heavy atom. The van der Waals surface area contributed by atoms with Crippen molar-refractivity contribution in [3.05, 3.63) is 77.4 Å². The van der Waals surface area contributed by atoms with Gasteiger partial charge in [-0.15, -0.1) is 0 Å². The molecule has 278 valence electrons. The van der Waals surface area contributed by atoms with E-state index in [2.05, 4.69) is 41.5 Å². The third kappa shape index (κ3) is 5.40. The molecule has 5 aliphatic carbocycles. The summed E-state index contributed by atoms with van der Waals surface area (Å²) in [4.78, 5) is 42.1. The molecule has 0 unspecified atom stereocenters. The molecule has 2 aromatic carbocycles. The standard InChI is InChI=1S/C46H58O6/c1-41(2)36-19-22-46(7)39(44(36,5)21-20-37(41)49)34(48)27-31-32-28-43(4,24-23-42(32,3)25-26-45(31,46)6)40(50)52-38-30(15-12-16-35(38)51-8)17-18-33(47)29-13-10-9-11-14-29/h9-18,27,32,36-37,39,49H,19-26,28H2,1-8H3/b18-17+/t32-,36-,37-,39+,42+,43-,44-,45+,46+/m0/s1. The summed E-state index contributed by atoms with van der Waals surface area (Å²) in [5.74, 6) is 0.823. The zero-order chi connectivity index (χ0) is 37.5. The Morgan fingerprint density at radius 2 is 1.56 bits per heavy atom. The third-order valence-electron chi connectivity index (χ3n) is 15.9. The quantitative estimate of drug-likeness (QED) is 0.139. The molecule has 9 atom stereocenters. The van der Waals surface area contributed by atoms with Gasteiger partial charge in [0.25, 0.3) is 0 Å². The van der Waals surface area contributed by atoms with Crippen LogP contribution < -0.4 is 9.47 Å². The minimum Gasteiger partial charge on any atom is -0.493 e. The first kappa shape index (κ1) is 36.8. The normalized spacial score (nSPS) is 39.3. The number of ether oxygens (including phenoxy) is 2. The van der Waals surface area contributed by atoms with Crippen LogP contribution in [-0.2, 0) is 9.59 Å². The molecule has 4 saturated carbocycles.